The number of hydrogen-bond acceptors (Lipinski definition) is 4. The van der Waals surface area contributed by atoms with E-state index in [1.807, 2.05) is 24.3 Å². The van der Waals surface area contributed by atoms with Crippen molar-refractivity contribution >= 4 is 66.7 Å². The fraction of sp³-hybridized carbons (Fsp3) is 0.417. The van der Waals surface area contributed by atoms with Crippen molar-refractivity contribution in [1.29, 1.82) is 0 Å². The van der Waals surface area contributed by atoms with Crippen LogP contribution in [0.25, 0.3) is 0 Å². The highest BCUT2D eigenvalue weighted by atomic mass is 79.9. The standard InChI is InChI=1S/C24H28BrCl2N3O4S/c1-16(24(32)28-19-6-3-4-7-19)29(14-17-10-12-18(25)13-11-17)22(31)15-30(35(2,33)34)21-9-5-8-20(26)23(21)27/h5,8-13,16,19H,3-4,6-7,14-15H2,1-2H3,(H,28,32). The largest absolute Gasteiger partial charge is 0.352 e. The minimum Gasteiger partial charge on any atom is -0.352 e. The van der Waals surface area contributed by atoms with Gasteiger partial charge in [0, 0.05) is 17.1 Å². The van der Waals surface area contributed by atoms with E-state index in [1.54, 1.807) is 13.0 Å². The Kier molecular flexibility index (Phi) is 9.48. The third kappa shape index (κ3) is 7.35. The molecule has 35 heavy (non-hydrogen) atoms. The second kappa shape index (κ2) is 12.0. The lowest BCUT2D eigenvalue weighted by atomic mass is 10.1. The fourth-order valence-corrected chi connectivity index (χ4v) is 5.61. The number of sulfonamides is 1. The fourth-order valence-electron chi connectivity index (χ4n) is 4.04. The van der Waals surface area contributed by atoms with Gasteiger partial charge in [0.15, 0.2) is 0 Å². The summed E-state index contributed by atoms with van der Waals surface area (Å²) in [5.74, 6) is -0.808. The van der Waals surface area contributed by atoms with E-state index in [0.717, 1.165) is 46.3 Å². The molecule has 2 aromatic carbocycles. The Labute approximate surface area is 224 Å². The molecule has 3 rings (SSSR count). The number of halogens is 3. The average Bonchev–Trinajstić information content (AvgIpc) is 3.31. The molecule has 1 N–H and O–H groups in total. The quantitative estimate of drug-likeness (QED) is 0.436. The first-order valence-corrected chi connectivity index (χ1v) is 14.6. The minimum absolute atomic E-state index is 0.0267. The number of rotatable bonds is 9. The number of carbonyl (C=O) groups is 2. The monoisotopic (exact) mass is 603 g/mol. The molecule has 0 bridgehead atoms. The van der Waals surface area contributed by atoms with Crippen LogP contribution in [0.1, 0.15) is 38.2 Å². The Morgan fingerprint density at radius 3 is 2.34 bits per heavy atom. The van der Waals surface area contributed by atoms with Crippen LogP contribution < -0.4 is 9.62 Å². The van der Waals surface area contributed by atoms with E-state index in [4.69, 9.17) is 23.2 Å². The minimum atomic E-state index is -3.89. The summed E-state index contributed by atoms with van der Waals surface area (Å²) < 4.78 is 27.1. The molecule has 2 amide bonds. The number of hydrogen-bond donors (Lipinski definition) is 1. The summed E-state index contributed by atoms with van der Waals surface area (Å²) in [5, 5.41) is 3.22. The second-order valence-electron chi connectivity index (χ2n) is 8.66. The lowest BCUT2D eigenvalue weighted by Gasteiger charge is -2.32. The molecule has 0 aromatic heterocycles. The first kappa shape index (κ1) is 27.8. The molecule has 2 aromatic rings. The van der Waals surface area contributed by atoms with Crippen molar-refractivity contribution in [2.75, 3.05) is 17.1 Å². The third-order valence-corrected chi connectivity index (χ3v) is 8.48. The molecule has 0 heterocycles. The molecule has 0 radical (unpaired) electrons. The van der Waals surface area contributed by atoms with Crippen molar-refractivity contribution in [2.24, 2.45) is 0 Å². The molecule has 1 fully saturated rings. The van der Waals surface area contributed by atoms with Crippen LogP contribution in [0.4, 0.5) is 5.69 Å². The average molecular weight is 605 g/mol. The Morgan fingerprint density at radius 1 is 1.11 bits per heavy atom. The first-order valence-electron chi connectivity index (χ1n) is 11.2. The molecular weight excluding hydrogens is 577 g/mol. The maximum absolute atomic E-state index is 13.6. The van der Waals surface area contributed by atoms with Gasteiger partial charge in [-0.15, -0.1) is 0 Å². The van der Waals surface area contributed by atoms with E-state index in [0.29, 0.717) is 0 Å². The van der Waals surface area contributed by atoms with Crippen LogP contribution >= 0.6 is 39.1 Å². The molecule has 7 nitrogen and oxygen atoms in total. The van der Waals surface area contributed by atoms with E-state index in [-0.39, 0.29) is 34.2 Å². The van der Waals surface area contributed by atoms with E-state index in [2.05, 4.69) is 21.2 Å². The maximum Gasteiger partial charge on any atom is 0.244 e. The Morgan fingerprint density at radius 2 is 1.74 bits per heavy atom. The number of nitrogens with zero attached hydrogens (tertiary/aromatic N) is 2. The summed E-state index contributed by atoms with van der Waals surface area (Å²) in [7, 11) is -3.89. The summed E-state index contributed by atoms with van der Waals surface area (Å²) in [4.78, 5) is 28.0. The summed E-state index contributed by atoms with van der Waals surface area (Å²) in [5.41, 5.74) is 0.899. The van der Waals surface area contributed by atoms with Crippen LogP contribution in [0.2, 0.25) is 10.0 Å². The second-order valence-corrected chi connectivity index (χ2v) is 12.3. The van der Waals surface area contributed by atoms with Crippen molar-refractivity contribution < 1.29 is 18.0 Å². The van der Waals surface area contributed by atoms with E-state index in [9.17, 15) is 18.0 Å². The number of anilines is 1. The van der Waals surface area contributed by atoms with Crippen molar-refractivity contribution in [3.05, 3.63) is 62.5 Å². The van der Waals surface area contributed by atoms with Crippen molar-refractivity contribution in [2.45, 2.75) is 51.2 Å². The zero-order valence-corrected chi connectivity index (χ0v) is 23.4. The third-order valence-electron chi connectivity index (χ3n) is 6.01. The van der Waals surface area contributed by atoms with Gasteiger partial charge < -0.3 is 10.2 Å². The molecule has 0 saturated heterocycles. The molecule has 1 unspecified atom stereocenters. The number of amides is 2. The maximum atomic E-state index is 13.6. The van der Waals surface area contributed by atoms with Crippen LogP contribution in [0.15, 0.2) is 46.9 Å². The summed E-state index contributed by atoms with van der Waals surface area (Å²) in [6.07, 6.45) is 4.93. The van der Waals surface area contributed by atoms with Crippen LogP contribution in [0, 0.1) is 0 Å². The van der Waals surface area contributed by atoms with Crippen molar-refractivity contribution in [3.63, 3.8) is 0 Å². The molecule has 1 aliphatic carbocycles. The normalized spacial score (nSPS) is 15.0. The van der Waals surface area contributed by atoms with Gasteiger partial charge in [-0.05, 0) is 49.6 Å². The van der Waals surface area contributed by atoms with Crippen LogP contribution in [0.3, 0.4) is 0 Å². The number of benzene rings is 2. The van der Waals surface area contributed by atoms with Crippen molar-refractivity contribution in [1.82, 2.24) is 10.2 Å². The van der Waals surface area contributed by atoms with Gasteiger partial charge in [-0.25, -0.2) is 8.42 Å². The van der Waals surface area contributed by atoms with Crippen LogP contribution in [0.5, 0.6) is 0 Å². The highest BCUT2D eigenvalue weighted by molar-refractivity contribution is 9.10. The molecule has 0 spiro atoms. The Hall–Kier alpha value is -1.81. The molecule has 1 saturated carbocycles. The van der Waals surface area contributed by atoms with Gasteiger partial charge in [0.25, 0.3) is 0 Å². The molecule has 11 heteroatoms. The molecule has 190 valence electrons. The van der Waals surface area contributed by atoms with Gasteiger partial charge in [0.2, 0.25) is 21.8 Å². The first-order chi connectivity index (χ1) is 16.5. The SMILES string of the molecule is CC(C(=O)NC1CCCC1)N(Cc1ccc(Br)cc1)C(=O)CN(c1cccc(Cl)c1Cl)S(C)(=O)=O. The van der Waals surface area contributed by atoms with Crippen molar-refractivity contribution in [3.8, 4) is 0 Å². The predicted molar refractivity (Wildman–Crippen MR) is 143 cm³/mol. The zero-order valence-electron chi connectivity index (χ0n) is 19.5. The van der Waals surface area contributed by atoms with E-state index >= 15 is 0 Å². The lowest BCUT2D eigenvalue weighted by Crippen LogP contribution is -2.52. The number of carbonyl (C=O) groups excluding carboxylic acids is 2. The van der Waals surface area contributed by atoms with Gasteiger partial charge in [-0.1, -0.05) is 70.2 Å². The zero-order chi connectivity index (χ0) is 25.8. The highest BCUT2D eigenvalue weighted by Gasteiger charge is 2.32. The topological polar surface area (TPSA) is 86.8 Å². The predicted octanol–water partition coefficient (Wildman–Crippen LogP) is 5.00. The van der Waals surface area contributed by atoms with Crippen LogP contribution in [-0.4, -0.2) is 50.0 Å². The Balaban J connectivity index is 1.90. The molecular formula is C24H28BrCl2N3O4S. The summed E-state index contributed by atoms with van der Waals surface area (Å²) >= 11 is 15.8. The summed E-state index contributed by atoms with van der Waals surface area (Å²) in [6, 6.07) is 11.2. The van der Waals surface area contributed by atoms with Gasteiger partial charge in [-0.3, -0.25) is 13.9 Å². The van der Waals surface area contributed by atoms with Gasteiger partial charge >= 0.3 is 0 Å². The van der Waals surface area contributed by atoms with Crippen LogP contribution in [-0.2, 0) is 26.2 Å². The number of nitrogens with one attached hydrogen (secondary N) is 1. The van der Waals surface area contributed by atoms with Gasteiger partial charge in [0.1, 0.15) is 12.6 Å². The lowest BCUT2D eigenvalue weighted by molar-refractivity contribution is -0.139. The highest BCUT2D eigenvalue weighted by Crippen LogP contribution is 2.33. The molecule has 1 atom stereocenters. The van der Waals surface area contributed by atoms with E-state index < -0.39 is 28.5 Å². The van der Waals surface area contributed by atoms with Gasteiger partial charge in [0.05, 0.1) is 22.0 Å². The molecule has 0 aliphatic heterocycles. The Bertz CT molecular complexity index is 1170. The van der Waals surface area contributed by atoms with Gasteiger partial charge in [-0.2, -0.15) is 0 Å². The van der Waals surface area contributed by atoms with E-state index in [1.165, 1.54) is 17.0 Å². The molecule has 1 aliphatic rings. The summed E-state index contributed by atoms with van der Waals surface area (Å²) in [6.45, 7) is 1.25. The smallest absolute Gasteiger partial charge is 0.244 e.